The lowest BCUT2D eigenvalue weighted by Crippen LogP contribution is -1.98. The Morgan fingerprint density at radius 2 is 1.74 bits per heavy atom. The number of methoxy groups -OCH3 is 1. The van der Waals surface area contributed by atoms with Crippen molar-refractivity contribution < 1.29 is 4.74 Å². The van der Waals surface area contributed by atoms with Gasteiger partial charge in [0, 0.05) is 16.6 Å². The Balaban J connectivity index is 1.86. The molecule has 0 spiro atoms. The van der Waals surface area contributed by atoms with Gasteiger partial charge in [0.1, 0.15) is 5.75 Å². The van der Waals surface area contributed by atoms with Gasteiger partial charge < -0.3 is 9.72 Å². The highest BCUT2D eigenvalue weighted by molar-refractivity contribution is 5.92. The van der Waals surface area contributed by atoms with Gasteiger partial charge in [-0.3, -0.25) is 0 Å². The highest BCUT2D eigenvalue weighted by Gasteiger charge is 2.22. The summed E-state index contributed by atoms with van der Waals surface area (Å²) in [6.45, 7) is 0. The first-order valence-corrected chi connectivity index (χ1v) is 7.80. The van der Waals surface area contributed by atoms with Crippen LogP contribution in [0.3, 0.4) is 0 Å². The van der Waals surface area contributed by atoms with Crippen LogP contribution in [-0.4, -0.2) is 12.1 Å². The van der Waals surface area contributed by atoms with Crippen LogP contribution < -0.4 is 4.74 Å². The molecule has 0 amide bonds. The van der Waals surface area contributed by atoms with Gasteiger partial charge in [-0.15, -0.1) is 0 Å². The van der Waals surface area contributed by atoms with Crippen molar-refractivity contribution in [2.24, 2.45) is 0 Å². The zero-order valence-corrected chi connectivity index (χ0v) is 13.0. The molecule has 1 aliphatic carbocycles. The molecule has 0 aliphatic heterocycles. The van der Waals surface area contributed by atoms with Gasteiger partial charge in [-0.25, -0.2) is 0 Å². The maximum absolute atomic E-state index is 5.41. The second-order valence-electron chi connectivity index (χ2n) is 5.73. The van der Waals surface area contributed by atoms with Crippen molar-refractivity contribution in [2.45, 2.75) is 6.42 Å². The van der Waals surface area contributed by atoms with E-state index in [-0.39, 0.29) is 0 Å². The van der Waals surface area contributed by atoms with E-state index in [1.807, 2.05) is 12.1 Å². The van der Waals surface area contributed by atoms with Gasteiger partial charge in [0.2, 0.25) is 0 Å². The molecule has 0 saturated heterocycles. The van der Waals surface area contributed by atoms with Crippen LogP contribution in [0.2, 0.25) is 0 Å². The van der Waals surface area contributed by atoms with E-state index in [1.54, 1.807) is 7.11 Å². The summed E-state index contributed by atoms with van der Waals surface area (Å²) in [5.41, 5.74) is 4.86. The minimum atomic E-state index is 0.889. The van der Waals surface area contributed by atoms with Crippen LogP contribution in [-0.2, 0) is 6.42 Å². The van der Waals surface area contributed by atoms with Crippen molar-refractivity contribution in [1.29, 1.82) is 0 Å². The number of ether oxygens (including phenoxy) is 1. The quantitative estimate of drug-likeness (QED) is 0.736. The van der Waals surface area contributed by atoms with Crippen LogP contribution >= 0.6 is 0 Å². The minimum absolute atomic E-state index is 0.889. The predicted octanol–water partition coefficient (Wildman–Crippen LogP) is 4.79. The maximum Gasteiger partial charge on any atom is 0.119 e. The molecule has 2 heteroatoms. The molecule has 1 aliphatic rings. The van der Waals surface area contributed by atoms with E-state index in [9.17, 15) is 0 Å². The van der Waals surface area contributed by atoms with Gasteiger partial charge in [-0.2, -0.15) is 0 Å². The fourth-order valence-electron chi connectivity index (χ4n) is 3.12. The first kappa shape index (κ1) is 14.4. The molecular weight excluding hydrogens is 282 g/mol. The summed E-state index contributed by atoms with van der Waals surface area (Å²) in [6.07, 6.45) is 9.44. The monoisotopic (exact) mass is 300 g/mol. The van der Waals surface area contributed by atoms with Crippen LogP contribution in [0.25, 0.3) is 22.2 Å². The van der Waals surface area contributed by atoms with E-state index in [2.05, 4.69) is 67.1 Å². The molecule has 1 heterocycles. The lowest BCUT2D eigenvalue weighted by atomic mass is 9.94. The topological polar surface area (TPSA) is 25.0 Å². The fourth-order valence-corrected chi connectivity index (χ4v) is 3.12. The van der Waals surface area contributed by atoms with Gasteiger partial charge in [0.05, 0.1) is 7.11 Å². The van der Waals surface area contributed by atoms with E-state index in [0.717, 1.165) is 17.7 Å². The SMILES string of the molecule is COc1ccc2[nH]c(-c3ccccc3)c(C[C]3[CH][CH][CH][CH]3)c2c1. The summed E-state index contributed by atoms with van der Waals surface area (Å²) in [5, 5.41) is 1.23. The third-order valence-corrected chi connectivity index (χ3v) is 4.29. The summed E-state index contributed by atoms with van der Waals surface area (Å²) in [7, 11) is 1.71. The van der Waals surface area contributed by atoms with Gasteiger partial charge in [0.15, 0.2) is 0 Å². The Labute approximate surface area is 137 Å². The third-order valence-electron chi connectivity index (χ3n) is 4.29. The van der Waals surface area contributed by atoms with Crippen LogP contribution in [0, 0.1) is 31.6 Å². The second kappa shape index (κ2) is 6.11. The molecule has 1 saturated carbocycles. The normalized spacial score (nSPS) is 15.3. The number of benzene rings is 2. The number of rotatable bonds is 4. The van der Waals surface area contributed by atoms with E-state index < -0.39 is 0 Å². The predicted molar refractivity (Wildman–Crippen MR) is 94.4 cm³/mol. The van der Waals surface area contributed by atoms with Crippen molar-refractivity contribution in [2.75, 3.05) is 7.11 Å². The van der Waals surface area contributed by atoms with Crippen LogP contribution in [0.4, 0.5) is 0 Å². The molecule has 1 fully saturated rings. The molecule has 5 radical (unpaired) electrons. The van der Waals surface area contributed by atoms with Crippen molar-refractivity contribution in [3.63, 3.8) is 0 Å². The molecule has 23 heavy (non-hydrogen) atoms. The number of aromatic amines is 1. The Morgan fingerprint density at radius 3 is 2.48 bits per heavy atom. The first-order chi connectivity index (χ1) is 11.3. The van der Waals surface area contributed by atoms with E-state index >= 15 is 0 Å². The average molecular weight is 300 g/mol. The zero-order valence-electron chi connectivity index (χ0n) is 13.0. The number of fused-ring (bicyclic) bond motifs is 1. The second-order valence-corrected chi connectivity index (χ2v) is 5.73. The van der Waals surface area contributed by atoms with E-state index in [1.165, 1.54) is 28.1 Å². The Hall–Kier alpha value is -2.22. The van der Waals surface area contributed by atoms with Gasteiger partial charge >= 0.3 is 0 Å². The lowest BCUT2D eigenvalue weighted by molar-refractivity contribution is 0.415. The number of hydrogen-bond acceptors (Lipinski definition) is 1. The molecule has 4 rings (SSSR count). The van der Waals surface area contributed by atoms with Crippen molar-refractivity contribution >= 4 is 10.9 Å². The molecule has 0 atom stereocenters. The molecular formula is C21H18NO. The smallest absolute Gasteiger partial charge is 0.119 e. The molecule has 2 nitrogen and oxygen atoms in total. The minimum Gasteiger partial charge on any atom is -0.497 e. The number of hydrogen-bond donors (Lipinski definition) is 1. The Morgan fingerprint density at radius 1 is 0.957 bits per heavy atom. The number of aromatic nitrogens is 1. The summed E-state index contributed by atoms with van der Waals surface area (Å²) in [5.74, 6) is 2.21. The first-order valence-electron chi connectivity index (χ1n) is 7.80. The van der Waals surface area contributed by atoms with Gasteiger partial charge in [0.25, 0.3) is 0 Å². The summed E-state index contributed by atoms with van der Waals surface area (Å²) >= 11 is 0. The Kier molecular flexibility index (Phi) is 3.82. The van der Waals surface area contributed by atoms with Gasteiger partial charge in [-0.1, -0.05) is 30.3 Å². The van der Waals surface area contributed by atoms with Crippen LogP contribution in [0.1, 0.15) is 5.56 Å². The Bertz CT molecular complexity index is 797. The largest absolute Gasteiger partial charge is 0.497 e. The summed E-state index contributed by atoms with van der Waals surface area (Å²) < 4.78 is 5.41. The fraction of sp³-hybridized carbons (Fsp3) is 0.0952. The summed E-state index contributed by atoms with van der Waals surface area (Å²) in [6, 6.07) is 16.7. The number of H-pyrrole nitrogens is 1. The van der Waals surface area contributed by atoms with Crippen molar-refractivity contribution in [1.82, 2.24) is 4.98 Å². The number of nitrogens with one attached hydrogen (secondary N) is 1. The molecule has 1 N–H and O–H groups in total. The molecule has 0 bridgehead atoms. The highest BCUT2D eigenvalue weighted by atomic mass is 16.5. The van der Waals surface area contributed by atoms with E-state index in [0.29, 0.717) is 0 Å². The van der Waals surface area contributed by atoms with Crippen molar-refractivity contribution in [3.8, 4) is 17.0 Å². The van der Waals surface area contributed by atoms with Gasteiger partial charge in [-0.05, 0) is 67.3 Å². The summed E-state index contributed by atoms with van der Waals surface area (Å²) in [4.78, 5) is 3.59. The zero-order chi connectivity index (χ0) is 15.6. The van der Waals surface area contributed by atoms with E-state index in [4.69, 9.17) is 4.74 Å². The average Bonchev–Trinajstić information content (AvgIpc) is 3.24. The standard InChI is InChI=1S/C21H18NO/c1-23-17-11-12-20-18(14-17)19(13-15-7-5-6-8-15)21(22-20)16-9-3-2-4-10-16/h2-12,14,22H,13H2,1H3. The lowest BCUT2D eigenvalue weighted by Gasteiger charge is -2.10. The van der Waals surface area contributed by atoms with Crippen LogP contribution in [0.15, 0.2) is 48.5 Å². The molecule has 2 aromatic carbocycles. The van der Waals surface area contributed by atoms with Crippen molar-refractivity contribution in [3.05, 3.63) is 85.7 Å². The highest BCUT2D eigenvalue weighted by Crippen LogP contribution is 2.37. The molecule has 113 valence electrons. The van der Waals surface area contributed by atoms with Crippen LogP contribution in [0.5, 0.6) is 5.75 Å². The maximum atomic E-state index is 5.41. The molecule has 1 aromatic heterocycles. The third kappa shape index (κ3) is 2.74. The molecule has 3 aromatic rings. The molecule has 0 unspecified atom stereocenters.